The third-order valence-electron chi connectivity index (χ3n) is 3.89. The summed E-state index contributed by atoms with van der Waals surface area (Å²) in [5.41, 5.74) is 3.87. The number of aryl methyl sites for hydroxylation is 1. The van der Waals surface area contributed by atoms with Crippen molar-refractivity contribution in [2.24, 2.45) is 0 Å². The summed E-state index contributed by atoms with van der Waals surface area (Å²) in [5, 5.41) is 0. The lowest BCUT2D eigenvalue weighted by molar-refractivity contribution is 0.104. The van der Waals surface area contributed by atoms with Crippen LogP contribution in [-0.2, 0) is 6.61 Å². The summed E-state index contributed by atoms with van der Waals surface area (Å²) in [6.07, 6.45) is 10.5. The Labute approximate surface area is 142 Å². The van der Waals surface area contributed by atoms with Crippen molar-refractivity contribution in [3.8, 4) is 5.75 Å². The van der Waals surface area contributed by atoms with Gasteiger partial charge >= 0.3 is 0 Å². The maximum Gasteiger partial charge on any atom is 0.189 e. The molecule has 0 radical (unpaired) electrons. The fraction of sp³-hybridized carbons (Fsp3) is 0.136. The molecule has 120 valence electrons. The van der Waals surface area contributed by atoms with Gasteiger partial charge in [0, 0.05) is 0 Å². The number of carbonyl (C=O) groups is 1. The first-order chi connectivity index (χ1) is 11.7. The second-order valence-electron chi connectivity index (χ2n) is 5.85. The second kappa shape index (κ2) is 7.60. The number of hydrogen-bond acceptors (Lipinski definition) is 2. The van der Waals surface area contributed by atoms with Crippen molar-refractivity contribution < 1.29 is 9.53 Å². The van der Waals surface area contributed by atoms with Crippen LogP contribution in [0.5, 0.6) is 5.75 Å². The zero-order valence-corrected chi connectivity index (χ0v) is 13.7. The van der Waals surface area contributed by atoms with Gasteiger partial charge in [0.15, 0.2) is 5.78 Å². The van der Waals surface area contributed by atoms with Gasteiger partial charge in [-0.05, 0) is 42.7 Å². The maximum atomic E-state index is 12.6. The first-order valence-electron chi connectivity index (χ1n) is 8.08. The lowest BCUT2D eigenvalue weighted by Crippen LogP contribution is -2.03. The lowest BCUT2D eigenvalue weighted by Gasteiger charge is -2.11. The highest BCUT2D eigenvalue weighted by molar-refractivity contribution is 6.06. The quantitative estimate of drug-likeness (QED) is 0.541. The van der Waals surface area contributed by atoms with Gasteiger partial charge in [-0.2, -0.15) is 0 Å². The van der Waals surface area contributed by atoms with Gasteiger partial charge in [0.2, 0.25) is 0 Å². The van der Waals surface area contributed by atoms with Crippen LogP contribution >= 0.6 is 0 Å². The number of benzene rings is 2. The van der Waals surface area contributed by atoms with Gasteiger partial charge in [0.1, 0.15) is 12.4 Å². The van der Waals surface area contributed by atoms with Crippen molar-refractivity contribution in [1.82, 2.24) is 0 Å². The first-order valence-corrected chi connectivity index (χ1v) is 8.08. The molecular formula is C22H20O2. The molecule has 3 rings (SSSR count). The molecule has 0 amide bonds. The summed E-state index contributed by atoms with van der Waals surface area (Å²) in [6.45, 7) is 2.42. The van der Waals surface area contributed by atoms with E-state index in [1.165, 1.54) is 0 Å². The van der Waals surface area contributed by atoms with E-state index >= 15 is 0 Å². The Balaban J connectivity index is 1.76. The molecule has 0 saturated carbocycles. The molecule has 0 N–H and O–H groups in total. The minimum Gasteiger partial charge on any atom is -0.488 e. The van der Waals surface area contributed by atoms with E-state index in [0.29, 0.717) is 17.9 Å². The molecule has 0 heterocycles. The van der Waals surface area contributed by atoms with E-state index in [-0.39, 0.29) is 5.78 Å². The molecule has 24 heavy (non-hydrogen) atoms. The molecule has 0 saturated heterocycles. The van der Waals surface area contributed by atoms with Crippen LogP contribution in [0.3, 0.4) is 0 Å². The van der Waals surface area contributed by atoms with E-state index in [2.05, 4.69) is 6.08 Å². The molecule has 2 nitrogen and oxygen atoms in total. The average molecular weight is 316 g/mol. The normalized spacial score (nSPS) is 13.3. The van der Waals surface area contributed by atoms with Crippen molar-refractivity contribution in [1.29, 1.82) is 0 Å². The molecule has 0 spiro atoms. The summed E-state index contributed by atoms with van der Waals surface area (Å²) in [7, 11) is 0. The molecule has 0 atom stereocenters. The first kappa shape index (κ1) is 16.0. The number of ether oxygens (including phenoxy) is 1. The van der Waals surface area contributed by atoms with E-state index in [1.807, 2.05) is 73.7 Å². The number of hydrogen-bond donors (Lipinski definition) is 0. The third kappa shape index (κ3) is 4.11. The Hall–Kier alpha value is -2.87. The predicted octanol–water partition coefficient (Wildman–Crippen LogP) is 5.20. The lowest BCUT2D eigenvalue weighted by atomic mass is 10.0. The van der Waals surface area contributed by atoms with Gasteiger partial charge in [-0.3, -0.25) is 4.79 Å². The highest BCUT2D eigenvalue weighted by Crippen LogP contribution is 2.23. The molecule has 0 aromatic heterocycles. The molecule has 1 aliphatic carbocycles. The monoisotopic (exact) mass is 316 g/mol. The Morgan fingerprint density at radius 3 is 2.75 bits per heavy atom. The highest BCUT2D eigenvalue weighted by atomic mass is 16.5. The molecule has 2 aromatic carbocycles. The number of ketones is 1. The molecule has 0 aliphatic heterocycles. The molecule has 0 unspecified atom stereocenters. The summed E-state index contributed by atoms with van der Waals surface area (Å²) >= 11 is 0. The van der Waals surface area contributed by atoms with Crippen molar-refractivity contribution in [3.05, 3.63) is 101 Å². The van der Waals surface area contributed by atoms with Gasteiger partial charge < -0.3 is 4.74 Å². The number of carbonyl (C=O) groups excluding carboxylic acids is 1. The second-order valence-corrected chi connectivity index (χ2v) is 5.85. The van der Waals surface area contributed by atoms with E-state index in [0.717, 1.165) is 23.1 Å². The Bertz CT molecular complexity index is 811. The highest BCUT2D eigenvalue weighted by Gasteiger charge is 2.11. The SMILES string of the molecule is Cc1ccc(OCc2ccccc2)c(C(=O)C=CC2=CC=CC2)c1. The van der Waals surface area contributed by atoms with E-state index in [1.54, 1.807) is 6.08 Å². The van der Waals surface area contributed by atoms with Gasteiger partial charge in [0.25, 0.3) is 0 Å². The topological polar surface area (TPSA) is 26.3 Å². The summed E-state index contributed by atoms with van der Waals surface area (Å²) in [4.78, 5) is 12.6. The van der Waals surface area contributed by atoms with Crippen molar-refractivity contribution in [2.75, 3.05) is 0 Å². The van der Waals surface area contributed by atoms with Crippen molar-refractivity contribution in [3.63, 3.8) is 0 Å². The Morgan fingerprint density at radius 2 is 2.00 bits per heavy atom. The van der Waals surface area contributed by atoms with Gasteiger partial charge in [-0.1, -0.05) is 66.3 Å². The Morgan fingerprint density at radius 1 is 1.17 bits per heavy atom. The summed E-state index contributed by atoms with van der Waals surface area (Å²) in [6, 6.07) is 15.7. The fourth-order valence-electron chi connectivity index (χ4n) is 2.56. The summed E-state index contributed by atoms with van der Waals surface area (Å²) in [5.74, 6) is 0.590. The van der Waals surface area contributed by atoms with Gasteiger partial charge in [0.05, 0.1) is 5.56 Å². The number of allylic oxidation sites excluding steroid dienone is 6. The van der Waals surface area contributed by atoms with Crippen LogP contribution in [0.25, 0.3) is 0 Å². The average Bonchev–Trinajstić information content (AvgIpc) is 3.13. The van der Waals surface area contributed by atoms with Gasteiger partial charge in [-0.25, -0.2) is 0 Å². The largest absolute Gasteiger partial charge is 0.488 e. The van der Waals surface area contributed by atoms with Crippen molar-refractivity contribution in [2.45, 2.75) is 20.0 Å². The molecule has 0 bridgehead atoms. The van der Waals surface area contributed by atoms with E-state index in [4.69, 9.17) is 4.74 Å². The smallest absolute Gasteiger partial charge is 0.189 e. The van der Waals surface area contributed by atoms with Crippen LogP contribution in [0.4, 0.5) is 0 Å². The van der Waals surface area contributed by atoms with Crippen LogP contribution in [0, 0.1) is 6.92 Å². The molecule has 2 aromatic rings. The third-order valence-corrected chi connectivity index (χ3v) is 3.89. The molecule has 0 fully saturated rings. The van der Waals surface area contributed by atoms with Crippen LogP contribution in [-0.4, -0.2) is 5.78 Å². The zero-order chi connectivity index (χ0) is 16.8. The molecule has 2 heteroatoms. The predicted molar refractivity (Wildman–Crippen MR) is 97.3 cm³/mol. The van der Waals surface area contributed by atoms with Crippen LogP contribution < -0.4 is 4.74 Å². The zero-order valence-electron chi connectivity index (χ0n) is 13.7. The summed E-state index contributed by atoms with van der Waals surface area (Å²) < 4.78 is 5.89. The Kier molecular flexibility index (Phi) is 5.07. The minimum absolute atomic E-state index is 0.0328. The van der Waals surface area contributed by atoms with E-state index < -0.39 is 0 Å². The maximum absolute atomic E-state index is 12.6. The molecule has 1 aliphatic rings. The van der Waals surface area contributed by atoms with Crippen molar-refractivity contribution >= 4 is 5.78 Å². The van der Waals surface area contributed by atoms with Crippen LogP contribution in [0.15, 0.2) is 84.5 Å². The molecular weight excluding hydrogens is 296 g/mol. The van der Waals surface area contributed by atoms with Crippen LogP contribution in [0.2, 0.25) is 0 Å². The number of rotatable bonds is 6. The standard InChI is InChI=1S/C22H20O2/c1-17-11-14-22(24-16-19-9-3-2-4-10-19)20(15-17)21(23)13-12-18-7-5-6-8-18/h2-7,9-15H,8,16H2,1H3. The van der Waals surface area contributed by atoms with Gasteiger partial charge in [-0.15, -0.1) is 0 Å². The fourth-order valence-corrected chi connectivity index (χ4v) is 2.56. The van der Waals surface area contributed by atoms with E-state index in [9.17, 15) is 4.79 Å². The minimum atomic E-state index is -0.0328. The van der Waals surface area contributed by atoms with Crippen LogP contribution in [0.1, 0.15) is 27.9 Å².